The Morgan fingerprint density at radius 2 is 1.89 bits per heavy atom. The van der Waals surface area contributed by atoms with Crippen LogP contribution in [0.15, 0.2) is 41.3 Å². The molecule has 0 saturated carbocycles. The predicted molar refractivity (Wildman–Crippen MR) is 112 cm³/mol. The van der Waals surface area contributed by atoms with E-state index in [1.165, 1.54) is 14.2 Å². The Kier molecular flexibility index (Phi) is 6.23. The number of methoxy groups -OCH3 is 2. The zero-order valence-corrected chi connectivity index (χ0v) is 17.2. The summed E-state index contributed by atoms with van der Waals surface area (Å²) in [4.78, 5) is 24.7. The summed E-state index contributed by atoms with van der Waals surface area (Å²) < 4.78 is 16.2. The molecule has 3 rings (SSSR count). The highest BCUT2D eigenvalue weighted by Crippen LogP contribution is 2.38. The molecular weight excluding hydrogens is 422 g/mol. The van der Waals surface area contributed by atoms with Crippen molar-refractivity contribution in [3.8, 4) is 17.2 Å². The SMILES string of the molecule is COc1ccc(C(=O)Oc2c(Cl)cc(C=C3SC(=S)NC3=O)cc2OC)cc1. The molecule has 2 aromatic carbocycles. The lowest BCUT2D eigenvalue weighted by Gasteiger charge is -2.12. The van der Waals surface area contributed by atoms with Gasteiger partial charge in [0.05, 0.1) is 29.7 Å². The molecule has 1 saturated heterocycles. The number of carbonyl (C=O) groups is 2. The van der Waals surface area contributed by atoms with Crippen LogP contribution in [0.5, 0.6) is 17.2 Å². The molecule has 1 aliphatic rings. The van der Waals surface area contributed by atoms with Crippen molar-refractivity contribution >= 4 is 57.9 Å². The van der Waals surface area contributed by atoms with Gasteiger partial charge in [-0.05, 0) is 48.0 Å². The Bertz CT molecular complexity index is 989. The largest absolute Gasteiger partial charge is 0.497 e. The van der Waals surface area contributed by atoms with Gasteiger partial charge in [0.1, 0.15) is 10.1 Å². The van der Waals surface area contributed by atoms with Crippen molar-refractivity contribution in [1.82, 2.24) is 5.32 Å². The molecule has 6 nitrogen and oxygen atoms in total. The number of benzene rings is 2. The fraction of sp³-hybridized carbons (Fsp3) is 0.105. The molecule has 0 spiro atoms. The van der Waals surface area contributed by atoms with Crippen LogP contribution in [0.3, 0.4) is 0 Å². The van der Waals surface area contributed by atoms with Gasteiger partial charge >= 0.3 is 5.97 Å². The van der Waals surface area contributed by atoms with E-state index in [0.717, 1.165) is 11.8 Å². The highest BCUT2D eigenvalue weighted by molar-refractivity contribution is 8.26. The topological polar surface area (TPSA) is 73.9 Å². The van der Waals surface area contributed by atoms with Crippen LogP contribution in [0.1, 0.15) is 15.9 Å². The van der Waals surface area contributed by atoms with Crippen LogP contribution in [-0.2, 0) is 4.79 Å². The van der Waals surface area contributed by atoms with Gasteiger partial charge in [0, 0.05) is 0 Å². The maximum absolute atomic E-state index is 12.4. The van der Waals surface area contributed by atoms with Crippen molar-refractivity contribution in [3.05, 3.63) is 57.5 Å². The van der Waals surface area contributed by atoms with E-state index in [2.05, 4.69) is 5.32 Å². The third kappa shape index (κ3) is 4.46. The fourth-order valence-electron chi connectivity index (χ4n) is 2.37. The summed E-state index contributed by atoms with van der Waals surface area (Å²) in [6.45, 7) is 0. The minimum atomic E-state index is -0.593. The minimum Gasteiger partial charge on any atom is -0.497 e. The van der Waals surface area contributed by atoms with E-state index in [9.17, 15) is 9.59 Å². The molecule has 1 amide bonds. The first-order chi connectivity index (χ1) is 13.4. The van der Waals surface area contributed by atoms with Gasteiger partial charge in [0.2, 0.25) is 0 Å². The van der Waals surface area contributed by atoms with Crippen LogP contribution in [-0.4, -0.2) is 30.4 Å². The summed E-state index contributed by atoms with van der Waals surface area (Å²) in [7, 11) is 2.97. The standard InChI is InChI=1S/C19H14ClNO5S2/c1-24-12-5-3-11(4-6-12)18(23)26-16-13(20)7-10(8-14(16)25-2)9-15-17(22)21-19(27)28-15/h3-9H,1-2H3,(H,21,22,27). The smallest absolute Gasteiger partial charge is 0.343 e. The molecular formula is C19H14ClNO5S2. The predicted octanol–water partition coefficient (Wildman–Crippen LogP) is 4.07. The van der Waals surface area contributed by atoms with E-state index < -0.39 is 5.97 Å². The van der Waals surface area contributed by atoms with Crippen LogP contribution >= 0.6 is 35.6 Å². The fourth-order valence-corrected chi connectivity index (χ4v) is 3.68. The van der Waals surface area contributed by atoms with Crippen molar-refractivity contribution in [3.63, 3.8) is 0 Å². The zero-order valence-electron chi connectivity index (χ0n) is 14.8. The molecule has 0 unspecified atom stereocenters. The Balaban J connectivity index is 1.87. The second-order valence-electron chi connectivity index (χ2n) is 5.50. The number of halogens is 1. The number of thioether (sulfide) groups is 1. The van der Waals surface area contributed by atoms with Gasteiger partial charge in [0.25, 0.3) is 5.91 Å². The Morgan fingerprint density at radius 1 is 1.18 bits per heavy atom. The van der Waals surface area contributed by atoms with E-state index in [1.807, 2.05) is 0 Å². The molecule has 0 radical (unpaired) electrons. The van der Waals surface area contributed by atoms with Gasteiger partial charge in [0.15, 0.2) is 11.5 Å². The van der Waals surface area contributed by atoms with E-state index in [0.29, 0.717) is 26.1 Å². The van der Waals surface area contributed by atoms with Gasteiger partial charge in [-0.1, -0.05) is 35.6 Å². The third-order valence-corrected chi connectivity index (χ3v) is 5.16. The lowest BCUT2D eigenvalue weighted by molar-refractivity contribution is -0.115. The van der Waals surface area contributed by atoms with Gasteiger partial charge in [-0.15, -0.1) is 0 Å². The lowest BCUT2D eigenvalue weighted by atomic mass is 10.1. The summed E-state index contributed by atoms with van der Waals surface area (Å²) in [5.41, 5.74) is 0.936. The van der Waals surface area contributed by atoms with Crippen molar-refractivity contribution in [2.45, 2.75) is 0 Å². The summed E-state index contributed by atoms with van der Waals surface area (Å²) in [5, 5.41) is 2.70. The highest BCUT2D eigenvalue weighted by atomic mass is 35.5. The van der Waals surface area contributed by atoms with E-state index in [4.69, 9.17) is 38.0 Å². The van der Waals surface area contributed by atoms with Crippen LogP contribution < -0.4 is 19.5 Å². The Hall–Kier alpha value is -2.55. The van der Waals surface area contributed by atoms with Crippen LogP contribution in [0, 0.1) is 0 Å². The average molecular weight is 436 g/mol. The first-order valence-electron chi connectivity index (χ1n) is 7.90. The maximum atomic E-state index is 12.4. The van der Waals surface area contributed by atoms with E-state index >= 15 is 0 Å². The van der Waals surface area contributed by atoms with Crippen molar-refractivity contribution in [2.75, 3.05) is 14.2 Å². The number of hydrogen-bond donors (Lipinski definition) is 1. The third-order valence-electron chi connectivity index (χ3n) is 3.71. The lowest BCUT2D eigenvalue weighted by Crippen LogP contribution is -2.17. The van der Waals surface area contributed by atoms with Crippen molar-refractivity contribution in [2.24, 2.45) is 0 Å². The first-order valence-corrected chi connectivity index (χ1v) is 9.50. The molecule has 1 heterocycles. The second-order valence-corrected chi connectivity index (χ2v) is 7.63. The molecule has 1 N–H and O–H groups in total. The van der Waals surface area contributed by atoms with Crippen LogP contribution in [0.25, 0.3) is 6.08 Å². The number of esters is 1. The maximum Gasteiger partial charge on any atom is 0.343 e. The summed E-state index contributed by atoms with van der Waals surface area (Å²) in [5.74, 6) is 0.0985. The van der Waals surface area contributed by atoms with E-state index in [1.54, 1.807) is 42.5 Å². The normalized spacial score (nSPS) is 14.8. The monoisotopic (exact) mass is 435 g/mol. The molecule has 1 aliphatic heterocycles. The number of carbonyl (C=O) groups excluding carboxylic acids is 2. The first kappa shape index (κ1) is 20.2. The molecule has 9 heteroatoms. The van der Waals surface area contributed by atoms with Crippen molar-refractivity contribution in [1.29, 1.82) is 0 Å². The number of nitrogens with one attached hydrogen (secondary N) is 1. The molecule has 0 aromatic heterocycles. The molecule has 28 heavy (non-hydrogen) atoms. The number of rotatable bonds is 5. The number of thiocarbonyl (C=S) groups is 1. The Labute approximate surface area is 175 Å². The minimum absolute atomic E-state index is 0.0891. The average Bonchev–Trinajstić information content (AvgIpc) is 3.00. The van der Waals surface area contributed by atoms with Crippen LogP contribution in [0.4, 0.5) is 0 Å². The van der Waals surface area contributed by atoms with Gasteiger partial charge in [-0.25, -0.2) is 4.79 Å². The molecule has 0 aliphatic carbocycles. The molecule has 144 valence electrons. The summed E-state index contributed by atoms with van der Waals surface area (Å²) in [6.07, 6.45) is 1.63. The molecule has 0 bridgehead atoms. The second kappa shape index (κ2) is 8.64. The van der Waals surface area contributed by atoms with Crippen LogP contribution in [0.2, 0.25) is 5.02 Å². The van der Waals surface area contributed by atoms with Crippen molar-refractivity contribution < 1.29 is 23.8 Å². The highest BCUT2D eigenvalue weighted by Gasteiger charge is 2.23. The summed E-state index contributed by atoms with van der Waals surface area (Å²) in [6, 6.07) is 9.66. The molecule has 2 aromatic rings. The number of amides is 1. The number of hydrogen-bond acceptors (Lipinski definition) is 7. The van der Waals surface area contributed by atoms with Gasteiger partial charge in [-0.2, -0.15) is 0 Å². The van der Waals surface area contributed by atoms with Gasteiger partial charge in [-0.3, -0.25) is 4.79 Å². The Morgan fingerprint density at radius 3 is 2.46 bits per heavy atom. The molecule has 0 atom stereocenters. The zero-order chi connectivity index (χ0) is 20.3. The number of ether oxygens (including phenoxy) is 3. The van der Waals surface area contributed by atoms with E-state index in [-0.39, 0.29) is 22.4 Å². The molecule has 1 fully saturated rings. The van der Waals surface area contributed by atoms with Gasteiger partial charge < -0.3 is 19.5 Å². The summed E-state index contributed by atoms with van der Waals surface area (Å²) >= 11 is 12.4. The quantitative estimate of drug-likeness (QED) is 0.328.